The number of carbonyl (C=O) groups excluding carboxylic acids is 1. The summed E-state index contributed by atoms with van der Waals surface area (Å²) in [6, 6.07) is 15.6. The Kier molecular flexibility index (Phi) is 4.41. The third-order valence-electron chi connectivity index (χ3n) is 5.22. The van der Waals surface area contributed by atoms with Gasteiger partial charge in [-0.1, -0.05) is 55.7 Å². The molecule has 1 aromatic heterocycles. The van der Waals surface area contributed by atoms with Crippen LogP contribution in [0.5, 0.6) is 0 Å². The van der Waals surface area contributed by atoms with E-state index in [-0.39, 0.29) is 16.6 Å². The van der Waals surface area contributed by atoms with Gasteiger partial charge in [-0.2, -0.15) is 0 Å². The summed E-state index contributed by atoms with van der Waals surface area (Å²) >= 11 is 0. The second-order valence-corrected chi connectivity index (χ2v) is 8.69. The highest BCUT2D eigenvalue weighted by Crippen LogP contribution is 2.32. The zero-order valence-electron chi connectivity index (χ0n) is 14.5. The maximum Gasteiger partial charge on any atom is 0.268 e. The third-order valence-corrected chi connectivity index (χ3v) is 6.91. The fourth-order valence-electron chi connectivity index (χ4n) is 3.84. The number of para-hydroxylation sites is 1. The number of hydrogen-bond donors (Lipinski definition) is 0. The number of benzene rings is 2. The van der Waals surface area contributed by atoms with Crippen LogP contribution in [-0.2, 0) is 10.0 Å². The van der Waals surface area contributed by atoms with Gasteiger partial charge in [-0.15, -0.1) is 0 Å². The molecular weight excluding hydrogens is 346 g/mol. The molecule has 0 atom stereocenters. The molecule has 5 heteroatoms. The topological polar surface area (TPSA) is 56.1 Å². The molecule has 2 aromatic carbocycles. The standard InChI is InChI=1S/C21H21NO3S/c23-21(16-9-3-1-4-10-16)19-15-22(20-14-8-7-13-18(19)20)26(24,25)17-11-5-2-6-12-17/h2,5-8,11-16H,1,3-4,9-10H2. The highest BCUT2D eigenvalue weighted by atomic mass is 32.2. The van der Waals surface area contributed by atoms with Crippen LogP contribution in [0.4, 0.5) is 0 Å². The van der Waals surface area contributed by atoms with Gasteiger partial charge in [0.1, 0.15) is 0 Å². The second-order valence-electron chi connectivity index (χ2n) is 6.87. The summed E-state index contributed by atoms with van der Waals surface area (Å²) in [6.45, 7) is 0. The SMILES string of the molecule is O=C(c1cn(S(=O)(=O)c2ccccc2)c2ccccc12)C1CCCCC1. The van der Waals surface area contributed by atoms with Crippen LogP contribution >= 0.6 is 0 Å². The molecule has 0 spiro atoms. The first-order valence-electron chi connectivity index (χ1n) is 9.04. The molecule has 0 aliphatic heterocycles. The molecule has 26 heavy (non-hydrogen) atoms. The summed E-state index contributed by atoms with van der Waals surface area (Å²) in [7, 11) is -3.74. The quantitative estimate of drug-likeness (QED) is 0.631. The first-order valence-corrected chi connectivity index (χ1v) is 10.5. The van der Waals surface area contributed by atoms with Crippen molar-refractivity contribution in [3.05, 3.63) is 66.4 Å². The van der Waals surface area contributed by atoms with E-state index in [1.807, 2.05) is 12.1 Å². The summed E-state index contributed by atoms with van der Waals surface area (Å²) in [4.78, 5) is 13.3. The monoisotopic (exact) mass is 367 g/mol. The smallest absolute Gasteiger partial charge is 0.268 e. The molecule has 0 unspecified atom stereocenters. The van der Waals surface area contributed by atoms with Gasteiger partial charge in [-0.3, -0.25) is 4.79 Å². The fraction of sp³-hybridized carbons (Fsp3) is 0.286. The van der Waals surface area contributed by atoms with Crippen LogP contribution in [0.3, 0.4) is 0 Å². The highest BCUT2D eigenvalue weighted by Gasteiger charge is 2.28. The minimum atomic E-state index is -3.74. The number of aromatic nitrogens is 1. The van der Waals surface area contributed by atoms with Gasteiger partial charge >= 0.3 is 0 Å². The van der Waals surface area contributed by atoms with Crippen molar-refractivity contribution in [2.45, 2.75) is 37.0 Å². The predicted octanol–water partition coefficient (Wildman–Crippen LogP) is 4.64. The lowest BCUT2D eigenvalue weighted by molar-refractivity contribution is 0.0891. The average molecular weight is 367 g/mol. The summed E-state index contributed by atoms with van der Waals surface area (Å²) in [5, 5.41) is 0.711. The van der Waals surface area contributed by atoms with E-state index in [0.717, 1.165) is 25.7 Å². The molecule has 1 heterocycles. The van der Waals surface area contributed by atoms with E-state index in [1.54, 1.807) is 42.5 Å². The Bertz CT molecular complexity index is 1050. The van der Waals surface area contributed by atoms with Crippen molar-refractivity contribution in [2.75, 3.05) is 0 Å². The van der Waals surface area contributed by atoms with Gasteiger partial charge in [0.2, 0.25) is 0 Å². The summed E-state index contributed by atoms with van der Waals surface area (Å²) in [5.41, 5.74) is 1.07. The van der Waals surface area contributed by atoms with Crippen LogP contribution in [-0.4, -0.2) is 18.2 Å². The predicted molar refractivity (Wildman–Crippen MR) is 102 cm³/mol. The first-order chi connectivity index (χ1) is 12.6. The van der Waals surface area contributed by atoms with Gasteiger partial charge in [0, 0.05) is 23.1 Å². The van der Waals surface area contributed by atoms with Crippen molar-refractivity contribution in [3.63, 3.8) is 0 Å². The number of ketones is 1. The Morgan fingerprint density at radius 1 is 0.885 bits per heavy atom. The average Bonchev–Trinajstić information content (AvgIpc) is 3.09. The Hall–Kier alpha value is -2.40. The van der Waals surface area contributed by atoms with E-state index in [2.05, 4.69) is 0 Å². The fourth-order valence-corrected chi connectivity index (χ4v) is 5.23. The molecule has 0 bridgehead atoms. The zero-order chi connectivity index (χ0) is 18.1. The van der Waals surface area contributed by atoms with Crippen molar-refractivity contribution in [3.8, 4) is 0 Å². The molecule has 0 amide bonds. The Labute approximate surface area is 153 Å². The molecule has 3 aromatic rings. The second kappa shape index (κ2) is 6.72. The van der Waals surface area contributed by atoms with Gasteiger partial charge in [0.05, 0.1) is 10.4 Å². The summed E-state index contributed by atoms with van der Waals surface area (Å²) in [5.74, 6) is 0.0744. The van der Waals surface area contributed by atoms with Crippen molar-refractivity contribution < 1.29 is 13.2 Å². The largest absolute Gasteiger partial charge is 0.294 e. The molecule has 1 aliphatic rings. The molecule has 4 rings (SSSR count). The lowest BCUT2D eigenvalue weighted by Crippen LogP contribution is -2.18. The molecule has 1 aliphatic carbocycles. The molecule has 1 saturated carbocycles. The van der Waals surface area contributed by atoms with E-state index >= 15 is 0 Å². The Morgan fingerprint density at radius 3 is 2.27 bits per heavy atom. The maximum absolute atomic E-state index is 13.1. The molecule has 4 nitrogen and oxygen atoms in total. The number of nitrogens with zero attached hydrogens (tertiary/aromatic N) is 1. The van der Waals surface area contributed by atoms with Crippen LogP contribution in [0.2, 0.25) is 0 Å². The maximum atomic E-state index is 13.1. The number of carbonyl (C=O) groups is 1. The van der Waals surface area contributed by atoms with E-state index < -0.39 is 10.0 Å². The van der Waals surface area contributed by atoms with Crippen LogP contribution in [0.1, 0.15) is 42.5 Å². The molecule has 0 saturated heterocycles. The number of fused-ring (bicyclic) bond motifs is 1. The normalized spacial score (nSPS) is 16.0. The first kappa shape index (κ1) is 17.0. The molecule has 0 radical (unpaired) electrons. The molecule has 134 valence electrons. The lowest BCUT2D eigenvalue weighted by Gasteiger charge is -2.19. The number of Topliss-reactive ketones (excluding diaryl/α,β-unsaturated/α-hetero) is 1. The van der Waals surface area contributed by atoms with Gasteiger partial charge in [0.25, 0.3) is 10.0 Å². The minimum Gasteiger partial charge on any atom is -0.294 e. The summed E-state index contributed by atoms with van der Waals surface area (Å²) in [6.07, 6.45) is 6.61. The van der Waals surface area contributed by atoms with Crippen LogP contribution in [0, 0.1) is 5.92 Å². The van der Waals surface area contributed by atoms with Gasteiger partial charge in [-0.25, -0.2) is 12.4 Å². The molecular formula is C21H21NO3S. The van der Waals surface area contributed by atoms with Crippen molar-refractivity contribution >= 4 is 26.7 Å². The van der Waals surface area contributed by atoms with Gasteiger partial charge in [0.15, 0.2) is 5.78 Å². The van der Waals surface area contributed by atoms with E-state index in [1.165, 1.54) is 16.6 Å². The lowest BCUT2D eigenvalue weighted by atomic mass is 9.84. The number of rotatable bonds is 4. The van der Waals surface area contributed by atoms with Crippen molar-refractivity contribution in [2.24, 2.45) is 5.92 Å². The van der Waals surface area contributed by atoms with Crippen LogP contribution in [0.15, 0.2) is 65.7 Å². The Morgan fingerprint density at radius 2 is 1.54 bits per heavy atom. The number of hydrogen-bond acceptors (Lipinski definition) is 3. The van der Waals surface area contributed by atoms with Crippen LogP contribution in [0.25, 0.3) is 10.9 Å². The van der Waals surface area contributed by atoms with Crippen molar-refractivity contribution in [1.82, 2.24) is 3.97 Å². The van der Waals surface area contributed by atoms with Crippen molar-refractivity contribution in [1.29, 1.82) is 0 Å². The van der Waals surface area contributed by atoms with Gasteiger partial charge < -0.3 is 0 Å². The highest BCUT2D eigenvalue weighted by molar-refractivity contribution is 7.90. The zero-order valence-corrected chi connectivity index (χ0v) is 15.3. The van der Waals surface area contributed by atoms with Gasteiger partial charge in [-0.05, 0) is 31.0 Å². The summed E-state index contributed by atoms with van der Waals surface area (Å²) < 4.78 is 27.5. The molecule has 0 N–H and O–H groups in total. The third kappa shape index (κ3) is 2.86. The van der Waals surface area contributed by atoms with E-state index in [4.69, 9.17) is 0 Å². The van der Waals surface area contributed by atoms with Crippen LogP contribution < -0.4 is 0 Å². The van der Waals surface area contributed by atoms with E-state index in [0.29, 0.717) is 16.5 Å². The Balaban J connectivity index is 1.86. The van der Waals surface area contributed by atoms with E-state index in [9.17, 15) is 13.2 Å². The minimum absolute atomic E-state index is 0.00226. The molecule has 1 fully saturated rings.